The highest BCUT2D eigenvalue weighted by Crippen LogP contribution is 2.19. The minimum atomic E-state index is 0.0617. The van der Waals surface area contributed by atoms with Gasteiger partial charge in [-0.2, -0.15) is 0 Å². The van der Waals surface area contributed by atoms with Gasteiger partial charge in [-0.05, 0) is 25.8 Å². The highest BCUT2D eigenvalue weighted by molar-refractivity contribution is 6.27. The molecule has 2 radical (unpaired) electrons. The van der Waals surface area contributed by atoms with Crippen LogP contribution in [0.15, 0.2) is 0 Å². The second-order valence-corrected chi connectivity index (χ2v) is 5.10. The van der Waals surface area contributed by atoms with Crippen LogP contribution in [0.5, 0.6) is 0 Å². The fraction of sp³-hybridized carbons (Fsp3) is 1.00. The number of rotatable bonds is 6. The van der Waals surface area contributed by atoms with Gasteiger partial charge in [0.25, 0.3) is 0 Å². The summed E-state index contributed by atoms with van der Waals surface area (Å²) in [4.78, 5) is 0. The minimum Gasteiger partial charge on any atom is -0.412 e. The predicted molar refractivity (Wildman–Crippen MR) is 55.5 cm³/mol. The standard InChI is InChI=1S/C10H22OSi/c1-6-7-8-12-11-10(4,5)9(2)3/h9H,6-8H2,1-5H3. The molecule has 0 fully saturated rings. The zero-order valence-electron chi connectivity index (χ0n) is 9.11. The van der Waals surface area contributed by atoms with Crippen molar-refractivity contribution in [2.75, 3.05) is 0 Å². The van der Waals surface area contributed by atoms with Crippen molar-refractivity contribution >= 4 is 9.76 Å². The van der Waals surface area contributed by atoms with Crippen molar-refractivity contribution in [1.82, 2.24) is 0 Å². The van der Waals surface area contributed by atoms with E-state index in [1.54, 1.807) is 0 Å². The summed E-state index contributed by atoms with van der Waals surface area (Å²) in [6.45, 7) is 11.0. The molecule has 0 saturated heterocycles. The Bertz CT molecular complexity index is 110. The first-order valence-electron chi connectivity index (χ1n) is 4.91. The zero-order valence-corrected chi connectivity index (χ0v) is 10.1. The number of hydrogen-bond acceptors (Lipinski definition) is 1. The van der Waals surface area contributed by atoms with Crippen molar-refractivity contribution in [3.8, 4) is 0 Å². The van der Waals surface area contributed by atoms with Crippen LogP contribution in [0.25, 0.3) is 0 Å². The van der Waals surface area contributed by atoms with E-state index in [-0.39, 0.29) is 5.60 Å². The average Bonchev–Trinajstić information content (AvgIpc) is 1.98. The quantitative estimate of drug-likeness (QED) is 0.457. The fourth-order valence-electron chi connectivity index (χ4n) is 0.604. The first-order valence-corrected chi connectivity index (χ1v) is 6.03. The Hall–Kier alpha value is 0.177. The van der Waals surface area contributed by atoms with Crippen LogP contribution in [0.1, 0.15) is 47.5 Å². The average molecular weight is 186 g/mol. The lowest BCUT2D eigenvalue weighted by Gasteiger charge is -2.29. The number of hydrogen-bond donors (Lipinski definition) is 0. The van der Waals surface area contributed by atoms with E-state index in [4.69, 9.17) is 4.43 Å². The molecular formula is C10H22OSi. The Morgan fingerprint density at radius 1 is 1.33 bits per heavy atom. The predicted octanol–water partition coefficient (Wildman–Crippen LogP) is 3.28. The lowest BCUT2D eigenvalue weighted by atomic mass is 9.95. The van der Waals surface area contributed by atoms with Crippen LogP contribution in [0.2, 0.25) is 6.04 Å². The SMILES string of the molecule is CCCC[Si]OC(C)(C)C(C)C. The third kappa shape index (κ3) is 4.94. The van der Waals surface area contributed by atoms with E-state index in [2.05, 4.69) is 34.6 Å². The first kappa shape index (κ1) is 12.2. The Kier molecular flexibility index (Phi) is 5.84. The van der Waals surface area contributed by atoms with Crippen LogP contribution in [0.3, 0.4) is 0 Å². The van der Waals surface area contributed by atoms with Gasteiger partial charge in [0.05, 0.1) is 5.60 Å². The summed E-state index contributed by atoms with van der Waals surface area (Å²) in [7, 11) is 0.683. The number of unbranched alkanes of at least 4 members (excludes halogenated alkanes) is 1. The van der Waals surface area contributed by atoms with E-state index in [0.29, 0.717) is 15.7 Å². The van der Waals surface area contributed by atoms with Crippen LogP contribution in [0, 0.1) is 5.92 Å². The molecule has 0 aliphatic rings. The van der Waals surface area contributed by atoms with E-state index in [9.17, 15) is 0 Å². The molecule has 0 aromatic heterocycles. The van der Waals surface area contributed by atoms with E-state index in [1.807, 2.05) is 0 Å². The van der Waals surface area contributed by atoms with Crippen LogP contribution in [-0.2, 0) is 4.43 Å². The van der Waals surface area contributed by atoms with Gasteiger partial charge in [0, 0.05) is 0 Å². The maximum absolute atomic E-state index is 5.82. The van der Waals surface area contributed by atoms with Gasteiger partial charge >= 0.3 is 0 Å². The molecule has 0 N–H and O–H groups in total. The van der Waals surface area contributed by atoms with Gasteiger partial charge in [-0.25, -0.2) is 0 Å². The van der Waals surface area contributed by atoms with Gasteiger partial charge in [0.1, 0.15) is 0 Å². The van der Waals surface area contributed by atoms with Gasteiger partial charge in [0.15, 0.2) is 0 Å². The zero-order chi connectivity index (χ0) is 9.61. The Balaban J connectivity index is 3.47. The molecule has 0 aromatic carbocycles. The molecule has 0 rings (SSSR count). The molecule has 0 heterocycles. The van der Waals surface area contributed by atoms with Gasteiger partial charge in [-0.15, -0.1) is 0 Å². The molecular weight excluding hydrogens is 164 g/mol. The van der Waals surface area contributed by atoms with Crippen LogP contribution >= 0.6 is 0 Å². The van der Waals surface area contributed by atoms with Gasteiger partial charge in [-0.1, -0.05) is 33.6 Å². The second kappa shape index (κ2) is 5.76. The summed E-state index contributed by atoms with van der Waals surface area (Å²) in [6.07, 6.45) is 2.57. The van der Waals surface area contributed by atoms with Gasteiger partial charge in [-0.3, -0.25) is 0 Å². The molecule has 0 atom stereocenters. The summed E-state index contributed by atoms with van der Waals surface area (Å²) >= 11 is 0. The van der Waals surface area contributed by atoms with E-state index >= 15 is 0 Å². The molecule has 72 valence electrons. The Morgan fingerprint density at radius 3 is 2.33 bits per heavy atom. The normalized spacial score (nSPS) is 12.5. The summed E-state index contributed by atoms with van der Waals surface area (Å²) < 4.78 is 5.82. The molecule has 0 unspecified atom stereocenters. The highest BCUT2D eigenvalue weighted by atomic mass is 28.2. The van der Waals surface area contributed by atoms with Crippen molar-refractivity contribution < 1.29 is 4.43 Å². The largest absolute Gasteiger partial charge is 0.412 e. The molecule has 0 saturated carbocycles. The molecule has 0 spiro atoms. The van der Waals surface area contributed by atoms with E-state index in [1.165, 1.54) is 18.9 Å². The molecule has 2 heteroatoms. The van der Waals surface area contributed by atoms with Crippen LogP contribution < -0.4 is 0 Å². The van der Waals surface area contributed by atoms with Crippen molar-refractivity contribution in [1.29, 1.82) is 0 Å². The molecule has 1 nitrogen and oxygen atoms in total. The topological polar surface area (TPSA) is 9.23 Å². The minimum absolute atomic E-state index is 0.0617. The lowest BCUT2D eigenvalue weighted by molar-refractivity contribution is 0.0639. The van der Waals surface area contributed by atoms with Gasteiger partial charge < -0.3 is 4.43 Å². The third-order valence-electron chi connectivity index (χ3n) is 2.36. The Labute approximate surface area is 79.8 Å². The maximum Gasteiger partial charge on any atom is 0.230 e. The smallest absolute Gasteiger partial charge is 0.230 e. The third-order valence-corrected chi connectivity index (χ3v) is 3.59. The molecule has 12 heavy (non-hydrogen) atoms. The van der Waals surface area contributed by atoms with Crippen molar-refractivity contribution in [2.45, 2.75) is 59.1 Å². The maximum atomic E-state index is 5.82. The molecule has 0 aliphatic heterocycles. The molecule has 0 amide bonds. The van der Waals surface area contributed by atoms with Crippen LogP contribution in [-0.4, -0.2) is 15.4 Å². The van der Waals surface area contributed by atoms with E-state index in [0.717, 1.165) is 0 Å². The van der Waals surface area contributed by atoms with Crippen molar-refractivity contribution in [3.63, 3.8) is 0 Å². The summed E-state index contributed by atoms with van der Waals surface area (Å²) in [5.41, 5.74) is 0.0617. The second-order valence-electron chi connectivity index (χ2n) is 4.11. The monoisotopic (exact) mass is 186 g/mol. The fourth-order valence-corrected chi connectivity index (χ4v) is 1.81. The lowest BCUT2D eigenvalue weighted by Crippen LogP contribution is -2.32. The van der Waals surface area contributed by atoms with Gasteiger partial charge in [0.2, 0.25) is 9.76 Å². The molecule has 0 aromatic rings. The Morgan fingerprint density at radius 2 is 1.92 bits per heavy atom. The van der Waals surface area contributed by atoms with Crippen molar-refractivity contribution in [3.05, 3.63) is 0 Å². The van der Waals surface area contributed by atoms with E-state index < -0.39 is 0 Å². The summed E-state index contributed by atoms with van der Waals surface area (Å²) in [5, 5.41) is 0. The highest BCUT2D eigenvalue weighted by Gasteiger charge is 2.22. The van der Waals surface area contributed by atoms with Crippen LogP contribution in [0.4, 0.5) is 0 Å². The molecule has 0 bridgehead atoms. The summed E-state index contributed by atoms with van der Waals surface area (Å²) in [6, 6.07) is 1.23. The molecule has 0 aliphatic carbocycles. The first-order chi connectivity index (χ1) is 5.50. The summed E-state index contributed by atoms with van der Waals surface area (Å²) in [5.74, 6) is 0.603. The van der Waals surface area contributed by atoms with Crippen molar-refractivity contribution in [2.24, 2.45) is 5.92 Å².